The van der Waals surface area contributed by atoms with Crippen LogP contribution >= 0.6 is 15.9 Å². The van der Waals surface area contributed by atoms with Crippen molar-refractivity contribution >= 4 is 21.8 Å². The number of pyridine rings is 1. The summed E-state index contributed by atoms with van der Waals surface area (Å²) in [4.78, 5) is 17.9. The minimum absolute atomic E-state index is 0.0369. The molecule has 1 aromatic heterocycles. The van der Waals surface area contributed by atoms with Gasteiger partial charge in [0, 0.05) is 24.6 Å². The van der Waals surface area contributed by atoms with Gasteiger partial charge in [0.15, 0.2) is 0 Å². The second kappa shape index (κ2) is 6.18. The molecule has 1 unspecified atom stereocenters. The van der Waals surface area contributed by atoms with Crippen molar-refractivity contribution in [2.45, 2.75) is 19.3 Å². The number of alkyl halides is 1. The number of hydrogen-bond donors (Lipinski definition) is 1. The normalized spacial score (nSPS) is 19.8. The molecule has 0 radical (unpaired) electrons. The number of halogens is 1. The lowest BCUT2D eigenvalue weighted by Crippen LogP contribution is -2.40. The van der Waals surface area contributed by atoms with Crippen LogP contribution in [-0.4, -0.2) is 39.3 Å². The Hall–Kier alpha value is -1.10. The molecule has 18 heavy (non-hydrogen) atoms. The third kappa shape index (κ3) is 3.02. The number of carbonyl (C=O) groups excluding carboxylic acids is 1. The van der Waals surface area contributed by atoms with E-state index in [2.05, 4.69) is 20.9 Å². The maximum atomic E-state index is 12.3. The van der Waals surface area contributed by atoms with E-state index in [4.69, 9.17) is 0 Å². The van der Waals surface area contributed by atoms with E-state index < -0.39 is 0 Å². The van der Waals surface area contributed by atoms with Crippen molar-refractivity contribution < 1.29 is 9.90 Å². The fourth-order valence-corrected chi connectivity index (χ4v) is 3.02. The smallest absolute Gasteiger partial charge is 0.257 e. The van der Waals surface area contributed by atoms with E-state index >= 15 is 0 Å². The molecule has 1 saturated heterocycles. The molecule has 4 nitrogen and oxygen atoms in total. The molecule has 1 aromatic rings. The lowest BCUT2D eigenvalue weighted by Gasteiger charge is -2.32. The van der Waals surface area contributed by atoms with Crippen molar-refractivity contribution in [3.05, 3.63) is 24.0 Å². The maximum absolute atomic E-state index is 12.3. The van der Waals surface area contributed by atoms with Crippen LogP contribution in [0.25, 0.3) is 0 Å². The summed E-state index contributed by atoms with van der Waals surface area (Å²) in [6, 6.07) is 1.58. The zero-order valence-electron chi connectivity index (χ0n) is 10.2. The minimum Gasteiger partial charge on any atom is -0.505 e. The molecular weight excluding hydrogens is 296 g/mol. The van der Waals surface area contributed by atoms with Gasteiger partial charge in [0.1, 0.15) is 5.75 Å². The number of aromatic nitrogens is 1. The highest BCUT2D eigenvalue weighted by Gasteiger charge is 2.25. The summed E-state index contributed by atoms with van der Waals surface area (Å²) in [6.07, 6.45) is 6.15. The lowest BCUT2D eigenvalue weighted by atomic mass is 9.95. The Morgan fingerprint density at radius 1 is 1.61 bits per heavy atom. The number of hydrogen-bond acceptors (Lipinski definition) is 3. The Labute approximate surface area is 115 Å². The van der Waals surface area contributed by atoms with E-state index in [-0.39, 0.29) is 11.7 Å². The SMILES string of the molecule is O=C(c1ccncc1O)N1CCCC(CCBr)C1. The maximum Gasteiger partial charge on any atom is 0.257 e. The van der Waals surface area contributed by atoms with Gasteiger partial charge in [0.25, 0.3) is 5.91 Å². The van der Waals surface area contributed by atoms with Gasteiger partial charge in [0.2, 0.25) is 0 Å². The van der Waals surface area contributed by atoms with Gasteiger partial charge >= 0.3 is 0 Å². The molecule has 1 N–H and O–H groups in total. The first-order valence-corrected chi connectivity index (χ1v) is 7.32. The molecule has 5 heteroatoms. The number of nitrogens with zero attached hydrogens (tertiary/aromatic N) is 2. The van der Waals surface area contributed by atoms with Crippen molar-refractivity contribution in [2.75, 3.05) is 18.4 Å². The predicted octanol–water partition coefficient (Wildman–Crippen LogP) is 2.42. The molecule has 0 aromatic carbocycles. The molecule has 1 atom stereocenters. The molecule has 2 heterocycles. The average Bonchev–Trinajstić information content (AvgIpc) is 2.39. The Kier molecular flexibility index (Phi) is 4.58. The molecule has 0 aliphatic carbocycles. The molecule has 0 saturated carbocycles. The van der Waals surface area contributed by atoms with E-state index in [1.165, 1.54) is 18.8 Å². The van der Waals surface area contributed by atoms with Crippen LogP contribution in [0.5, 0.6) is 5.75 Å². The van der Waals surface area contributed by atoms with Crippen molar-refractivity contribution in [2.24, 2.45) is 5.92 Å². The van der Waals surface area contributed by atoms with Crippen LogP contribution in [0, 0.1) is 5.92 Å². The van der Waals surface area contributed by atoms with Crippen molar-refractivity contribution in [3.63, 3.8) is 0 Å². The van der Waals surface area contributed by atoms with Gasteiger partial charge in [-0.1, -0.05) is 15.9 Å². The first kappa shape index (κ1) is 13.3. The highest BCUT2D eigenvalue weighted by Crippen LogP contribution is 2.24. The first-order chi connectivity index (χ1) is 8.72. The second-order valence-electron chi connectivity index (χ2n) is 4.63. The van der Waals surface area contributed by atoms with Crippen LogP contribution in [0.2, 0.25) is 0 Å². The van der Waals surface area contributed by atoms with Gasteiger partial charge in [-0.2, -0.15) is 0 Å². The van der Waals surface area contributed by atoms with Gasteiger partial charge in [-0.15, -0.1) is 0 Å². The molecule has 0 bridgehead atoms. The van der Waals surface area contributed by atoms with Crippen LogP contribution in [0.1, 0.15) is 29.6 Å². The monoisotopic (exact) mass is 312 g/mol. The zero-order chi connectivity index (χ0) is 13.0. The first-order valence-electron chi connectivity index (χ1n) is 6.20. The van der Waals surface area contributed by atoms with Gasteiger partial charge in [0.05, 0.1) is 11.8 Å². The minimum atomic E-state index is -0.0887. The summed E-state index contributed by atoms with van der Waals surface area (Å²) < 4.78 is 0. The van der Waals surface area contributed by atoms with E-state index in [1.54, 1.807) is 6.07 Å². The Balaban J connectivity index is 2.07. The second-order valence-corrected chi connectivity index (χ2v) is 5.42. The number of likely N-dealkylation sites (tertiary alicyclic amines) is 1. The van der Waals surface area contributed by atoms with Crippen molar-refractivity contribution in [1.82, 2.24) is 9.88 Å². The zero-order valence-corrected chi connectivity index (χ0v) is 11.8. The third-order valence-electron chi connectivity index (χ3n) is 3.35. The summed E-state index contributed by atoms with van der Waals surface area (Å²) in [6.45, 7) is 1.56. The number of rotatable bonds is 3. The molecule has 1 aliphatic heterocycles. The highest BCUT2D eigenvalue weighted by atomic mass is 79.9. The van der Waals surface area contributed by atoms with Crippen LogP contribution in [0.4, 0.5) is 0 Å². The average molecular weight is 313 g/mol. The summed E-state index contributed by atoms with van der Waals surface area (Å²) in [5, 5.41) is 10.6. The molecule has 98 valence electrons. The molecular formula is C13H17BrN2O2. The van der Waals surface area contributed by atoms with E-state index in [9.17, 15) is 9.90 Å². The van der Waals surface area contributed by atoms with Crippen LogP contribution in [0.15, 0.2) is 18.5 Å². The fourth-order valence-electron chi connectivity index (χ4n) is 2.38. The summed E-state index contributed by atoms with van der Waals surface area (Å²) >= 11 is 3.45. The van der Waals surface area contributed by atoms with Gasteiger partial charge in [-0.25, -0.2) is 0 Å². The molecule has 1 fully saturated rings. The summed E-state index contributed by atoms with van der Waals surface area (Å²) in [5.74, 6) is 0.436. The summed E-state index contributed by atoms with van der Waals surface area (Å²) in [7, 11) is 0. The fraction of sp³-hybridized carbons (Fsp3) is 0.538. The van der Waals surface area contributed by atoms with Crippen molar-refractivity contribution in [1.29, 1.82) is 0 Å². The van der Waals surface area contributed by atoms with E-state index in [1.807, 2.05) is 4.90 Å². The quantitative estimate of drug-likeness (QED) is 0.872. The van der Waals surface area contributed by atoms with Gasteiger partial charge < -0.3 is 10.0 Å². The lowest BCUT2D eigenvalue weighted by molar-refractivity contribution is 0.0669. The molecule has 1 aliphatic rings. The third-order valence-corrected chi connectivity index (χ3v) is 3.81. The van der Waals surface area contributed by atoms with Crippen LogP contribution in [0.3, 0.4) is 0 Å². The molecule has 2 rings (SSSR count). The van der Waals surface area contributed by atoms with Gasteiger partial charge in [-0.3, -0.25) is 9.78 Å². The number of piperidine rings is 1. The Morgan fingerprint density at radius 3 is 3.17 bits per heavy atom. The molecule has 1 amide bonds. The van der Waals surface area contributed by atoms with Crippen molar-refractivity contribution in [3.8, 4) is 5.75 Å². The largest absolute Gasteiger partial charge is 0.505 e. The highest BCUT2D eigenvalue weighted by molar-refractivity contribution is 9.09. The summed E-state index contributed by atoms with van der Waals surface area (Å²) in [5.41, 5.74) is 0.351. The number of carbonyl (C=O) groups is 1. The van der Waals surface area contributed by atoms with E-state index in [0.29, 0.717) is 11.5 Å². The Bertz CT molecular complexity index is 423. The predicted molar refractivity (Wildman–Crippen MR) is 72.9 cm³/mol. The topological polar surface area (TPSA) is 53.4 Å². The Morgan fingerprint density at radius 2 is 2.44 bits per heavy atom. The van der Waals surface area contributed by atoms with Crippen LogP contribution < -0.4 is 0 Å². The van der Waals surface area contributed by atoms with Crippen LogP contribution in [-0.2, 0) is 0 Å². The number of aromatic hydroxyl groups is 1. The standard InChI is InChI=1S/C13H17BrN2O2/c14-5-3-10-2-1-7-16(9-10)13(18)11-4-6-15-8-12(11)17/h4,6,8,10,17H,1-3,5,7,9H2. The number of amides is 1. The molecule has 0 spiro atoms. The van der Waals surface area contributed by atoms with E-state index in [0.717, 1.165) is 31.3 Å². The van der Waals surface area contributed by atoms with Gasteiger partial charge in [-0.05, 0) is 31.2 Å².